The Balaban J connectivity index is 1.69. The highest BCUT2D eigenvalue weighted by Gasteiger charge is 2.37. The first-order chi connectivity index (χ1) is 14.7. The summed E-state index contributed by atoms with van der Waals surface area (Å²) < 4.78 is 34.1. The average Bonchev–Trinajstić information content (AvgIpc) is 2.74. The monoisotopic (exact) mass is 436 g/mol. The van der Waals surface area contributed by atoms with Crippen molar-refractivity contribution < 1.29 is 17.9 Å². The van der Waals surface area contributed by atoms with Crippen LogP contribution in [0, 0.1) is 20.8 Å². The summed E-state index contributed by atoms with van der Waals surface area (Å²) >= 11 is 0. The number of sulfonamides is 1. The van der Waals surface area contributed by atoms with E-state index in [1.165, 1.54) is 4.31 Å². The Morgan fingerprint density at radius 1 is 0.903 bits per heavy atom. The zero-order chi connectivity index (χ0) is 22.2. The van der Waals surface area contributed by atoms with E-state index in [0.29, 0.717) is 17.1 Å². The number of carbonyl (C=O) groups excluding carboxylic acids is 1. The van der Waals surface area contributed by atoms with Gasteiger partial charge < -0.3 is 10.1 Å². The Hall–Kier alpha value is -3.32. The van der Waals surface area contributed by atoms with Crippen LogP contribution in [0.1, 0.15) is 16.7 Å². The lowest BCUT2D eigenvalue weighted by molar-refractivity contribution is -0.122. The van der Waals surface area contributed by atoms with Crippen LogP contribution in [-0.2, 0) is 14.8 Å². The SMILES string of the molecule is Cc1ccc(NC(=O)[C@H]2CN(S(=O)(=O)c3ccc(C)cc3)c3ccc(C)cc3O2)cc1. The number of nitrogens with zero attached hydrogens (tertiary/aromatic N) is 1. The summed E-state index contributed by atoms with van der Waals surface area (Å²) in [4.78, 5) is 13.1. The van der Waals surface area contributed by atoms with Gasteiger partial charge in [0.15, 0.2) is 6.10 Å². The second kappa shape index (κ2) is 8.07. The van der Waals surface area contributed by atoms with Crippen LogP contribution in [0.15, 0.2) is 71.6 Å². The number of nitrogens with one attached hydrogen (secondary N) is 1. The van der Waals surface area contributed by atoms with E-state index in [-0.39, 0.29) is 11.4 Å². The lowest BCUT2D eigenvalue weighted by atomic mass is 10.1. The highest BCUT2D eigenvalue weighted by molar-refractivity contribution is 7.92. The number of rotatable bonds is 4. The van der Waals surface area contributed by atoms with Crippen LogP contribution in [0.5, 0.6) is 5.75 Å². The van der Waals surface area contributed by atoms with Gasteiger partial charge in [-0.05, 0) is 62.7 Å². The van der Waals surface area contributed by atoms with Gasteiger partial charge >= 0.3 is 0 Å². The van der Waals surface area contributed by atoms with E-state index in [1.807, 2.05) is 39.0 Å². The van der Waals surface area contributed by atoms with Gasteiger partial charge in [-0.15, -0.1) is 0 Å². The smallest absolute Gasteiger partial charge is 0.267 e. The maximum absolute atomic E-state index is 13.4. The van der Waals surface area contributed by atoms with Crippen LogP contribution in [0.25, 0.3) is 0 Å². The van der Waals surface area contributed by atoms with Crippen molar-refractivity contribution in [3.63, 3.8) is 0 Å². The minimum atomic E-state index is -3.88. The summed E-state index contributed by atoms with van der Waals surface area (Å²) in [5, 5.41) is 2.82. The molecule has 0 radical (unpaired) electrons. The fraction of sp³-hybridized carbons (Fsp3) is 0.208. The molecule has 3 aromatic rings. The second-order valence-electron chi connectivity index (χ2n) is 7.78. The van der Waals surface area contributed by atoms with Gasteiger partial charge in [0.1, 0.15) is 5.75 Å². The summed E-state index contributed by atoms with van der Waals surface area (Å²) in [6.45, 7) is 5.62. The van der Waals surface area contributed by atoms with Gasteiger partial charge in [-0.25, -0.2) is 8.42 Å². The van der Waals surface area contributed by atoms with Gasteiger partial charge in [0.25, 0.3) is 15.9 Å². The van der Waals surface area contributed by atoms with E-state index in [4.69, 9.17) is 4.74 Å². The Morgan fingerprint density at radius 2 is 1.48 bits per heavy atom. The third-order valence-corrected chi connectivity index (χ3v) is 7.00. The molecule has 160 valence electrons. The third kappa shape index (κ3) is 4.27. The van der Waals surface area contributed by atoms with E-state index in [2.05, 4.69) is 5.32 Å². The molecule has 0 aliphatic carbocycles. The molecule has 31 heavy (non-hydrogen) atoms. The van der Waals surface area contributed by atoms with Crippen molar-refractivity contribution in [1.82, 2.24) is 0 Å². The summed E-state index contributed by atoms with van der Waals surface area (Å²) in [6.07, 6.45) is -0.990. The molecule has 0 aromatic heterocycles. The van der Waals surface area contributed by atoms with E-state index >= 15 is 0 Å². The molecular formula is C24H24N2O4S. The summed E-state index contributed by atoms with van der Waals surface area (Å²) in [5.74, 6) is -0.0360. The minimum Gasteiger partial charge on any atom is -0.476 e. The molecule has 4 rings (SSSR count). The topological polar surface area (TPSA) is 75.7 Å². The van der Waals surface area contributed by atoms with E-state index in [9.17, 15) is 13.2 Å². The van der Waals surface area contributed by atoms with Gasteiger partial charge in [0.05, 0.1) is 17.1 Å². The maximum atomic E-state index is 13.4. The lowest BCUT2D eigenvalue weighted by Crippen LogP contribution is -2.48. The first kappa shape index (κ1) is 20.9. The Morgan fingerprint density at radius 3 is 2.13 bits per heavy atom. The van der Waals surface area contributed by atoms with Gasteiger partial charge in [0.2, 0.25) is 0 Å². The number of carbonyl (C=O) groups is 1. The van der Waals surface area contributed by atoms with Crippen molar-refractivity contribution in [3.05, 3.63) is 83.4 Å². The van der Waals surface area contributed by atoms with Crippen LogP contribution in [0.3, 0.4) is 0 Å². The number of amides is 1. The molecule has 1 aliphatic rings. The highest BCUT2D eigenvalue weighted by Crippen LogP contribution is 2.38. The molecule has 1 heterocycles. The highest BCUT2D eigenvalue weighted by atomic mass is 32.2. The Labute approximate surface area is 182 Å². The molecule has 1 amide bonds. The molecule has 0 saturated heterocycles. The zero-order valence-electron chi connectivity index (χ0n) is 17.6. The number of fused-ring (bicyclic) bond motifs is 1. The molecule has 6 nitrogen and oxygen atoms in total. The Kier molecular flexibility index (Phi) is 5.45. The van der Waals surface area contributed by atoms with Gasteiger partial charge in [-0.2, -0.15) is 0 Å². The first-order valence-electron chi connectivity index (χ1n) is 9.98. The maximum Gasteiger partial charge on any atom is 0.267 e. The fourth-order valence-corrected chi connectivity index (χ4v) is 4.90. The van der Waals surface area contributed by atoms with E-state index in [0.717, 1.165) is 16.7 Å². The Bertz CT molecular complexity index is 1220. The van der Waals surface area contributed by atoms with E-state index < -0.39 is 22.0 Å². The minimum absolute atomic E-state index is 0.121. The third-order valence-electron chi connectivity index (χ3n) is 5.21. The summed E-state index contributed by atoms with van der Waals surface area (Å²) in [7, 11) is -3.88. The van der Waals surface area contributed by atoms with Crippen LogP contribution in [-0.4, -0.2) is 27.0 Å². The molecule has 0 fully saturated rings. The lowest BCUT2D eigenvalue weighted by Gasteiger charge is -2.35. The number of aryl methyl sites for hydroxylation is 3. The van der Waals surface area contributed by atoms with Gasteiger partial charge in [-0.3, -0.25) is 9.10 Å². The number of anilines is 2. The van der Waals surface area contributed by atoms with Crippen molar-refractivity contribution in [2.24, 2.45) is 0 Å². The summed E-state index contributed by atoms with van der Waals surface area (Å²) in [5.41, 5.74) is 4.00. The molecule has 3 aromatic carbocycles. The van der Waals surface area contributed by atoms with Crippen molar-refractivity contribution in [2.45, 2.75) is 31.8 Å². The first-order valence-corrected chi connectivity index (χ1v) is 11.4. The molecule has 0 unspecified atom stereocenters. The number of benzene rings is 3. The van der Waals surface area contributed by atoms with Crippen molar-refractivity contribution in [1.29, 1.82) is 0 Å². The quantitative estimate of drug-likeness (QED) is 0.665. The molecule has 1 atom stereocenters. The van der Waals surface area contributed by atoms with E-state index in [1.54, 1.807) is 48.5 Å². The predicted octanol–water partition coefficient (Wildman–Crippen LogP) is 4.21. The summed E-state index contributed by atoms with van der Waals surface area (Å²) in [6, 6.07) is 19.3. The zero-order valence-corrected chi connectivity index (χ0v) is 18.4. The van der Waals surface area contributed by atoms with Crippen LogP contribution < -0.4 is 14.4 Å². The normalized spacial score (nSPS) is 15.7. The van der Waals surface area contributed by atoms with Crippen LogP contribution in [0.2, 0.25) is 0 Å². The number of hydrogen-bond donors (Lipinski definition) is 1. The van der Waals surface area contributed by atoms with Crippen LogP contribution in [0.4, 0.5) is 11.4 Å². The fourth-order valence-electron chi connectivity index (χ4n) is 3.42. The van der Waals surface area contributed by atoms with Crippen LogP contribution >= 0.6 is 0 Å². The van der Waals surface area contributed by atoms with Crippen molar-refractivity contribution in [3.8, 4) is 5.75 Å². The molecular weight excluding hydrogens is 412 g/mol. The largest absolute Gasteiger partial charge is 0.476 e. The molecule has 1 N–H and O–H groups in total. The standard InChI is InChI=1S/C24H24N2O4S/c1-16-4-9-19(10-5-16)25-24(27)23-15-26(21-13-8-18(3)14-22(21)30-23)31(28,29)20-11-6-17(2)7-12-20/h4-14,23H,15H2,1-3H3,(H,25,27)/t23-/m1/s1. The number of hydrogen-bond acceptors (Lipinski definition) is 4. The second-order valence-corrected chi connectivity index (χ2v) is 9.64. The number of ether oxygens (including phenoxy) is 1. The molecule has 0 bridgehead atoms. The van der Waals surface area contributed by atoms with Crippen molar-refractivity contribution >= 4 is 27.3 Å². The van der Waals surface area contributed by atoms with Gasteiger partial charge in [0, 0.05) is 5.69 Å². The molecule has 7 heteroatoms. The average molecular weight is 437 g/mol. The van der Waals surface area contributed by atoms with Crippen molar-refractivity contribution in [2.75, 3.05) is 16.2 Å². The molecule has 0 saturated carbocycles. The molecule has 0 spiro atoms. The molecule has 1 aliphatic heterocycles. The van der Waals surface area contributed by atoms with Gasteiger partial charge in [-0.1, -0.05) is 41.5 Å². The predicted molar refractivity (Wildman–Crippen MR) is 121 cm³/mol.